The Balaban J connectivity index is 1.65. The SMILES string of the molecule is C[C@@H](CC(=O)c1ccc2c(n1)N(C(=O)Nc1ccnn(C)c1=O)[C@H]1CCN2C1)C(F)(F)F. The number of halogens is 3. The molecule has 1 saturated heterocycles. The Morgan fingerprint density at radius 2 is 2.03 bits per heavy atom. The highest BCUT2D eigenvalue weighted by molar-refractivity contribution is 6.05. The van der Waals surface area contributed by atoms with Gasteiger partial charge in [-0.2, -0.15) is 18.3 Å². The van der Waals surface area contributed by atoms with Gasteiger partial charge in [0.25, 0.3) is 5.56 Å². The number of hydrogen-bond donors (Lipinski definition) is 1. The van der Waals surface area contributed by atoms with Gasteiger partial charge in [0.05, 0.1) is 17.6 Å². The third kappa shape index (κ3) is 3.92. The van der Waals surface area contributed by atoms with Crippen molar-refractivity contribution in [3.63, 3.8) is 0 Å². The highest BCUT2D eigenvalue weighted by atomic mass is 19.4. The fourth-order valence-corrected chi connectivity index (χ4v) is 3.90. The zero-order chi connectivity index (χ0) is 23.2. The zero-order valence-corrected chi connectivity index (χ0v) is 17.4. The molecule has 2 atom stereocenters. The normalized spacial score (nSPS) is 18.3. The molecule has 0 aromatic carbocycles. The van der Waals surface area contributed by atoms with E-state index in [1.165, 1.54) is 30.3 Å². The first-order valence-electron chi connectivity index (χ1n) is 10.0. The number of pyridine rings is 1. The van der Waals surface area contributed by atoms with E-state index in [1.54, 1.807) is 6.07 Å². The summed E-state index contributed by atoms with van der Waals surface area (Å²) >= 11 is 0. The van der Waals surface area contributed by atoms with E-state index in [0.29, 0.717) is 25.2 Å². The van der Waals surface area contributed by atoms with Gasteiger partial charge in [0.2, 0.25) is 0 Å². The molecule has 0 aliphatic carbocycles. The number of anilines is 3. The van der Waals surface area contributed by atoms with Crippen LogP contribution in [0.4, 0.5) is 35.2 Å². The fourth-order valence-electron chi connectivity index (χ4n) is 3.90. The maximum absolute atomic E-state index is 13.1. The van der Waals surface area contributed by atoms with Gasteiger partial charge in [-0.3, -0.25) is 14.5 Å². The van der Waals surface area contributed by atoms with Gasteiger partial charge in [-0.1, -0.05) is 6.92 Å². The highest BCUT2D eigenvalue weighted by Crippen LogP contribution is 2.39. The predicted molar refractivity (Wildman–Crippen MR) is 110 cm³/mol. The first-order valence-corrected chi connectivity index (χ1v) is 10.0. The van der Waals surface area contributed by atoms with Crippen molar-refractivity contribution < 1.29 is 22.8 Å². The van der Waals surface area contributed by atoms with Crippen LogP contribution in [-0.4, -0.2) is 51.9 Å². The summed E-state index contributed by atoms with van der Waals surface area (Å²) in [5, 5.41) is 6.37. The van der Waals surface area contributed by atoms with Crippen molar-refractivity contribution in [2.24, 2.45) is 13.0 Å². The number of rotatable bonds is 4. The summed E-state index contributed by atoms with van der Waals surface area (Å²) in [4.78, 5) is 45.5. The maximum atomic E-state index is 13.1. The van der Waals surface area contributed by atoms with Crippen molar-refractivity contribution >= 4 is 29.0 Å². The van der Waals surface area contributed by atoms with Crippen molar-refractivity contribution in [3.8, 4) is 0 Å². The van der Waals surface area contributed by atoms with E-state index < -0.39 is 35.9 Å². The van der Waals surface area contributed by atoms with Gasteiger partial charge < -0.3 is 10.2 Å². The lowest BCUT2D eigenvalue weighted by Gasteiger charge is -2.35. The lowest BCUT2D eigenvalue weighted by Crippen LogP contribution is -2.49. The van der Waals surface area contributed by atoms with Crippen molar-refractivity contribution in [3.05, 3.63) is 40.4 Å². The number of carbonyl (C=O) groups excluding carboxylic acids is 2. The number of fused-ring (bicyclic) bond motifs is 4. The predicted octanol–water partition coefficient (Wildman–Crippen LogP) is 2.58. The average Bonchev–Trinajstić information content (AvgIpc) is 3.14. The summed E-state index contributed by atoms with van der Waals surface area (Å²) in [6, 6.07) is 3.50. The molecule has 2 amide bonds. The van der Waals surface area contributed by atoms with Crippen LogP contribution in [0.25, 0.3) is 0 Å². The summed E-state index contributed by atoms with van der Waals surface area (Å²) in [6.45, 7) is 2.16. The molecule has 0 saturated carbocycles. The second-order valence-corrected chi connectivity index (χ2v) is 7.97. The van der Waals surface area contributed by atoms with Crippen LogP contribution < -0.4 is 20.7 Å². The molecule has 170 valence electrons. The molecule has 0 unspecified atom stereocenters. The molecule has 32 heavy (non-hydrogen) atoms. The van der Waals surface area contributed by atoms with E-state index in [1.807, 2.05) is 4.90 Å². The number of urea groups is 1. The molecule has 12 heteroatoms. The molecule has 2 bridgehead atoms. The summed E-state index contributed by atoms with van der Waals surface area (Å²) in [7, 11) is 1.45. The van der Waals surface area contributed by atoms with Gasteiger partial charge >= 0.3 is 12.2 Å². The van der Waals surface area contributed by atoms with Crippen LogP contribution in [0.15, 0.2) is 29.2 Å². The lowest BCUT2D eigenvalue weighted by atomic mass is 10.0. The number of hydrogen-bond acceptors (Lipinski definition) is 6. The van der Waals surface area contributed by atoms with Crippen LogP contribution in [0, 0.1) is 5.92 Å². The van der Waals surface area contributed by atoms with Gasteiger partial charge in [-0.25, -0.2) is 14.5 Å². The van der Waals surface area contributed by atoms with Gasteiger partial charge in [0.15, 0.2) is 11.6 Å². The summed E-state index contributed by atoms with van der Waals surface area (Å²) < 4.78 is 39.7. The van der Waals surface area contributed by atoms with Crippen molar-refractivity contribution in [1.82, 2.24) is 14.8 Å². The number of Topliss-reactive ketones (excluding diaryl/α,β-unsaturated/α-hetero) is 1. The summed E-state index contributed by atoms with van der Waals surface area (Å²) in [6.07, 6.45) is -3.21. The molecule has 2 aliphatic rings. The number of nitrogens with zero attached hydrogens (tertiary/aromatic N) is 5. The van der Waals surface area contributed by atoms with Crippen LogP contribution in [-0.2, 0) is 7.05 Å². The van der Waals surface area contributed by atoms with E-state index in [9.17, 15) is 27.6 Å². The number of aromatic nitrogens is 3. The molecule has 0 radical (unpaired) electrons. The number of aryl methyl sites for hydroxylation is 1. The van der Waals surface area contributed by atoms with Gasteiger partial charge in [-0.05, 0) is 24.6 Å². The molecule has 4 heterocycles. The number of amides is 2. The minimum Gasteiger partial charge on any atom is -0.366 e. The van der Waals surface area contributed by atoms with Crippen LogP contribution in [0.1, 0.15) is 30.3 Å². The third-order valence-corrected chi connectivity index (χ3v) is 5.75. The standard InChI is InChI=1S/C20H21F3N6O3/c1-11(20(21,22)23)9-16(30)13-3-4-15-17(25-13)29(12-6-8-28(15)10-12)19(32)26-14-5-7-24-27(2)18(14)31/h3-5,7,11-12H,6,8-10H2,1-2H3,(H,26,32)/t11-,12-/m0/s1. The number of nitrogens with one attached hydrogen (secondary N) is 1. The van der Waals surface area contributed by atoms with E-state index in [2.05, 4.69) is 15.4 Å². The average molecular weight is 450 g/mol. The molecule has 2 aromatic rings. The van der Waals surface area contributed by atoms with Crippen LogP contribution in [0.3, 0.4) is 0 Å². The Hall–Kier alpha value is -3.44. The van der Waals surface area contributed by atoms with Crippen molar-refractivity contribution in [2.75, 3.05) is 28.2 Å². The number of alkyl halides is 3. The molecule has 9 nitrogen and oxygen atoms in total. The Bertz CT molecular complexity index is 1130. The van der Waals surface area contributed by atoms with E-state index in [4.69, 9.17) is 0 Å². The molecule has 1 fully saturated rings. The molecule has 2 aromatic heterocycles. The Morgan fingerprint density at radius 3 is 2.75 bits per heavy atom. The molecule has 1 N–H and O–H groups in total. The minimum absolute atomic E-state index is 0.0284. The number of ketones is 1. The molecular formula is C20H21F3N6O3. The Labute approximate surface area is 180 Å². The van der Waals surface area contributed by atoms with Gasteiger partial charge in [-0.15, -0.1) is 0 Å². The lowest BCUT2D eigenvalue weighted by molar-refractivity contribution is -0.168. The molecule has 2 aliphatic heterocycles. The van der Waals surface area contributed by atoms with Crippen molar-refractivity contribution in [2.45, 2.75) is 32.0 Å². The molecular weight excluding hydrogens is 429 g/mol. The first kappa shape index (κ1) is 21.8. The fraction of sp³-hybridized carbons (Fsp3) is 0.450. The number of carbonyl (C=O) groups is 2. The third-order valence-electron chi connectivity index (χ3n) is 5.75. The molecule has 4 rings (SSSR count). The maximum Gasteiger partial charge on any atom is 0.391 e. The molecule has 0 spiro atoms. The van der Waals surface area contributed by atoms with E-state index >= 15 is 0 Å². The van der Waals surface area contributed by atoms with Crippen LogP contribution in [0.2, 0.25) is 0 Å². The van der Waals surface area contributed by atoms with Gasteiger partial charge in [0.1, 0.15) is 11.4 Å². The first-order chi connectivity index (χ1) is 15.1. The minimum atomic E-state index is -4.49. The zero-order valence-electron chi connectivity index (χ0n) is 17.4. The van der Waals surface area contributed by atoms with Gasteiger partial charge in [0, 0.05) is 32.8 Å². The summed E-state index contributed by atoms with van der Waals surface area (Å²) in [5.41, 5.74) is 0.00166. The van der Waals surface area contributed by atoms with E-state index in [0.717, 1.165) is 11.6 Å². The second-order valence-electron chi connectivity index (χ2n) is 7.97. The highest BCUT2D eigenvalue weighted by Gasteiger charge is 2.41. The van der Waals surface area contributed by atoms with E-state index in [-0.39, 0.29) is 23.2 Å². The topological polar surface area (TPSA) is 100 Å². The second kappa shape index (κ2) is 7.92. The summed E-state index contributed by atoms with van der Waals surface area (Å²) in [5.74, 6) is -2.38. The quantitative estimate of drug-likeness (QED) is 0.719. The Kier molecular flexibility index (Phi) is 5.39. The largest absolute Gasteiger partial charge is 0.391 e. The van der Waals surface area contributed by atoms with Crippen molar-refractivity contribution in [1.29, 1.82) is 0 Å². The van der Waals surface area contributed by atoms with Crippen LogP contribution in [0.5, 0.6) is 0 Å². The smallest absolute Gasteiger partial charge is 0.366 e. The monoisotopic (exact) mass is 450 g/mol. The van der Waals surface area contributed by atoms with Crippen LogP contribution >= 0.6 is 0 Å². The Morgan fingerprint density at radius 1 is 1.28 bits per heavy atom.